The average molecular weight is 298 g/mol. The highest BCUT2D eigenvalue weighted by Gasteiger charge is 1.99. The van der Waals surface area contributed by atoms with Gasteiger partial charge in [0.15, 0.2) is 0 Å². The molecule has 1 heterocycles. The second-order valence-corrected chi connectivity index (χ2v) is 5.39. The normalized spacial score (nSPS) is 10.5. The van der Waals surface area contributed by atoms with E-state index in [4.69, 9.17) is 16.3 Å². The molecule has 0 saturated carbocycles. The standard InChI is InChI=1S/C18H16ClNO/c19-17-5-1-15(2-6-17)13-21-18-7-3-14(4-8-18)11-16-9-10-20-12-16/h1-10,12,20H,11,13H2. The van der Waals surface area contributed by atoms with E-state index in [0.29, 0.717) is 6.61 Å². The minimum atomic E-state index is 0.550. The van der Waals surface area contributed by atoms with E-state index in [9.17, 15) is 0 Å². The molecule has 21 heavy (non-hydrogen) atoms. The lowest BCUT2D eigenvalue weighted by Crippen LogP contribution is -1.95. The number of ether oxygens (including phenoxy) is 1. The van der Waals surface area contributed by atoms with Crippen LogP contribution in [0.15, 0.2) is 67.0 Å². The van der Waals surface area contributed by atoms with Crippen LogP contribution in [0.2, 0.25) is 5.02 Å². The Morgan fingerprint density at radius 1 is 0.810 bits per heavy atom. The molecule has 0 atom stereocenters. The Morgan fingerprint density at radius 2 is 1.52 bits per heavy atom. The molecule has 0 bridgehead atoms. The second-order valence-electron chi connectivity index (χ2n) is 4.96. The van der Waals surface area contributed by atoms with Gasteiger partial charge in [-0.3, -0.25) is 0 Å². The van der Waals surface area contributed by atoms with E-state index in [1.54, 1.807) is 0 Å². The molecule has 0 aliphatic carbocycles. The lowest BCUT2D eigenvalue weighted by molar-refractivity contribution is 0.306. The van der Waals surface area contributed by atoms with Crippen molar-refractivity contribution in [2.75, 3.05) is 0 Å². The summed E-state index contributed by atoms with van der Waals surface area (Å²) >= 11 is 5.86. The van der Waals surface area contributed by atoms with Crippen LogP contribution in [-0.4, -0.2) is 4.98 Å². The van der Waals surface area contributed by atoms with E-state index in [-0.39, 0.29) is 0 Å². The largest absolute Gasteiger partial charge is 0.489 e. The summed E-state index contributed by atoms with van der Waals surface area (Å²) in [5.41, 5.74) is 3.66. The number of hydrogen-bond acceptors (Lipinski definition) is 1. The number of rotatable bonds is 5. The predicted octanol–water partition coefficient (Wildman–Crippen LogP) is 4.84. The van der Waals surface area contributed by atoms with Gasteiger partial charge >= 0.3 is 0 Å². The fraction of sp³-hybridized carbons (Fsp3) is 0.111. The number of nitrogens with one attached hydrogen (secondary N) is 1. The zero-order valence-electron chi connectivity index (χ0n) is 11.6. The first-order valence-electron chi connectivity index (χ1n) is 6.87. The molecular formula is C18H16ClNO. The Labute approximate surface area is 129 Å². The topological polar surface area (TPSA) is 25.0 Å². The number of benzene rings is 2. The van der Waals surface area contributed by atoms with E-state index in [1.807, 2.05) is 48.8 Å². The molecule has 1 N–H and O–H groups in total. The molecule has 0 saturated heterocycles. The number of halogens is 1. The Bertz CT molecular complexity index is 672. The van der Waals surface area contributed by atoms with Crippen molar-refractivity contribution in [3.63, 3.8) is 0 Å². The molecular weight excluding hydrogens is 282 g/mol. The lowest BCUT2D eigenvalue weighted by atomic mass is 10.1. The molecule has 1 aromatic heterocycles. The minimum absolute atomic E-state index is 0.550. The zero-order chi connectivity index (χ0) is 14.5. The fourth-order valence-electron chi connectivity index (χ4n) is 2.15. The summed E-state index contributed by atoms with van der Waals surface area (Å²) in [6.07, 6.45) is 4.89. The van der Waals surface area contributed by atoms with Crippen LogP contribution in [0.25, 0.3) is 0 Å². The van der Waals surface area contributed by atoms with Crippen LogP contribution in [0.4, 0.5) is 0 Å². The number of aromatic nitrogens is 1. The van der Waals surface area contributed by atoms with Gasteiger partial charge in [-0.25, -0.2) is 0 Å². The maximum Gasteiger partial charge on any atom is 0.119 e. The van der Waals surface area contributed by atoms with Gasteiger partial charge in [0.1, 0.15) is 12.4 Å². The summed E-state index contributed by atoms with van der Waals surface area (Å²) in [6.45, 7) is 0.550. The van der Waals surface area contributed by atoms with Crippen LogP contribution in [0.1, 0.15) is 16.7 Å². The summed E-state index contributed by atoms with van der Waals surface area (Å²) in [6, 6.07) is 18.0. The number of hydrogen-bond donors (Lipinski definition) is 1. The van der Waals surface area contributed by atoms with Crippen LogP contribution < -0.4 is 4.74 Å². The first-order chi connectivity index (χ1) is 10.3. The molecule has 0 fully saturated rings. The van der Waals surface area contributed by atoms with Crippen molar-refractivity contribution in [3.8, 4) is 5.75 Å². The highest BCUT2D eigenvalue weighted by atomic mass is 35.5. The van der Waals surface area contributed by atoms with Crippen molar-refractivity contribution in [2.24, 2.45) is 0 Å². The zero-order valence-corrected chi connectivity index (χ0v) is 12.3. The summed E-state index contributed by atoms with van der Waals surface area (Å²) < 4.78 is 5.77. The van der Waals surface area contributed by atoms with Crippen molar-refractivity contribution in [1.29, 1.82) is 0 Å². The van der Waals surface area contributed by atoms with Gasteiger partial charge < -0.3 is 9.72 Å². The SMILES string of the molecule is Clc1ccc(COc2ccc(Cc3cc[nH]c3)cc2)cc1. The number of H-pyrrole nitrogens is 1. The summed E-state index contributed by atoms with van der Waals surface area (Å²) in [5, 5.41) is 0.743. The van der Waals surface area contributed by atoms with Gasteiger partial charge in [0.2, 0.25) is 0 Å². The lowest BCUT2D eigenvalue weighted by Gasteiger charge is -2.07. The van der Waals surface area contributed by atoms with E-state index in [1.165, 1.54) is 11.1 Å². The molecule has 0 aliphatic rings. The van der Waals surface area contributed by atoms with Gasteiger partial charge in [-0.2, -0.15) is 0 Å². The first-order valence-corrected chi connectivity index (χ1v) is 7.25. The molecule has 106 valence electrons. The van der Waals surface area contributed by atoms with Crippen LogP contribution in [-0.2, 0) is 13.0 Å². The van der Waals surface area contributed by atoms with E-state index in [2.05, 4.69) is 23.2 Å². The molecule has 3 heteroatoms. The third-order valence-corrected chi connectivity index (χ3v) is 3.56. The van der Waals surface area contributed by atoms with Crippen molar-refractivity contribution in [3.05, 3.63) is 88.7 Å². The van der Waals surface area contributed by atoms with Crippen molar-refractivity contribution in [1.82, 2.24) is 4.98 Å². The van der Waals surface area contributed by atoms with Crippen LogP contribution in [0.3, 0.4) is 0 Å². The molecule has 0 unspecified atom stereocenters. The highest BCUT2D eigenvalue weighted by Crippen LogP contribution is 2.17. The summed E-state index contributed by atoms with van der Waals surface area (Å²) in [4.78, 5) is 3.07. The quantitative estimate of drug-likeness (QED) is 0.716. The molecule has 0 spiro atoms. The van der Waals surface area contributed by atoms with Gasteiger partial charge in [0.05, 0.1) is 0 Å². The van der Waals surface area contributed by atoms with Gasteiger partial charge in [-0.05, 0) is 53.4 Å². The third kappa shape index (κ3) is 3.89. The molecule has 0 amide bonds. The Kier molecular flexibility index (Phi) is 4.27. The first kappa shape index (κ1) is 13.8. The maximum atomic E-state index is 5.86. The molecule has 0 aliphatic heterocycles. The van der Waals surface area contributed by atoms with Gasteiger partial charge in [-0.15, -0.1) is 0 Å². The molecule has 2 aromatic carbocycles. The fourth-order valence-corrected chi connectivity index (χ4v) is 2.28. The summed E-state index contributed by atoms with van der Waals surface area (Å²) in [7, 11) is 0. The van der Waals surface area contributed by atoms with Gasteiger partial charge in [0.25, 0.3) is 0 Å². The second kappa shape index (κ2) is 6.51. The Balaban J connectivity index is 1.58. The van der Waals surface area contributed by atoms with Crippen molar-refractivity contribution >= 4 is 11.6 Å². The van der Waals surface area contributed by atoms with Crippen LogP contribution >= 0.6 is 11.6 Å². The Morgan fingerprint density at radius 3 is 2.19 bits per heavy atom. The molecule has 0 radical (unpaired) electrons. The average Bonchev–Trinajstić information content (AvgIpc) is 3.01. The monoisotopic (exact) mass is 297 g/mol. The van der Waals surface area contributed by atoms with E-state index >= 15 is 0 Å². The molecule has 3 aromatic rings. The van der Waals surface area contributed by atoms with Gasteiger partial charge in [0, 0.05) is 17.4 Å². The number of aromatic amines is 1. The van der Waals surface area contributed by atoms with Crippen molar-refractivity contribution < 1.29 is 4.74 Å². The maximum absolute atomic E-state index is 5.86. The van der Waals surface area contributed by atoms with Crippen molar-refractivity contribution in [2.45, 2.75) is 13.0 Å². The van der Waals surface area contributed by atoms with Gasteiger partial charge in [-0.1, -0.05) is 35.9 Å². The summed E-state index contributed by atoms with van der Waals surface area (Å²) in [5.74, 6) is 0.878. The van der Waals surface area contributed by atoms with E-state index in [0.717, 1.165) is 22.8 Å². The van der Waals surface area contributed by atoms with Crippen LogP contribution in [0, 0.1) is 0 Å². The Hall–Kier alpha value is -2.19. The highest BCUT2D eigenvalue weighted by molar-refractivity contribution is 6.30. The third-order valence-electron chi connectivity index (χ3n) is 3.31. The van der Waals surface area contributed by atoms with Crippen LogP contribution in [0.5, 0.6) is 5.75 Å². The molecule has 3 rings (SSSR count). The molecule has 2 nitrogen and oxygen atoms in total. The smallest absolute Gasteiger partial charge is 0.119 e. The predicted molar refractivity (Wildman–Crippen MR) is 85.8 cm³/mol. The van der Waals surface area contributed by atoms with E-state index < -0.39 is 0 Å². The minimum Gasteiger partial charge on any atom is -0.489 e.